The second-order valence-electron chi connectivity index (χ2n) is 10.6. The normalized spacial score (nSPS) is 22.4. The van der Waals surface area contributed by atoms with E-state index in [4.69, 9.17) is 21.1 Å². The zero-order valence-corrected chi connectivity index (χ0v) is 26.0. The van der Waals surface area contributed by atoms with Crippen LogP contribution in [0.2, 0.25) is 5.02 Å². The van der Waals surface area contributed by atoms with Gasteiger partial charge in [-0.3, -0.25) is 14.9 Å². The molecule has 0 radical (unpaired) electrons. The van der Waals surface area contributed by atoms with Gasteiger partial charge in [0.25, 0.3) is 17.4 Å². The maximum absolute atomic E-state index is 14.3. The Morgan fingerprint density at radius 3 is 2.42 bits per heavy atom. The lowest BCUT2D eigenvalue weighted by Crippen LogP contribution is -2.68. The molecule has 0 unspecified atom stereocenters. The largest absolute Gasteiger partial charge is 0.477 e. The molecule has 15 nitrogen and oxygen atoms in total. The third-order valence-electron chi connectivity index (χ3n) is 7.34. The quantitative estimate of drug-likeness (QED) is 0.109. The minimum absolute atomic E-state index is 0.100. The molecule has 3 aromatic rings. The van der Waals surface area contributed by atoms with Gasteiger partial charge in [-0.25, -0.2) is 26.7 Å². The Morgan fingerprint density at radius 2 is 1.77 bits per heavy atom. The molecule has 0 aliphatic carbocycles. The molecule has 0 bridgehead atoms. The highest BCUT2D eigenvalue weighted by Crippen LogP contribution is 2.36. The van der Waals surface area contributed by atoms with Gasteiger partial charge in [0.15, 0.2) is 16.5 Å². The van der Waals surface area contributed by atoms with Crippen molar-refractivity contribution in [2.24, 2.45) is 0 Å². The summed E-state index contributed by atoms with van der Waals surface area (Å²) in [5, 5.41) is 57.4. The molecule has 6 N–H and O–H groups in total. The molecule has 1 heterocycles. The number of nitro groups is 1. The van der Waals surface area contributed by atoms with Crippen LogP contribution in [-0.4, -0.2) is 88.4 Å². The number of aliphatic hydroxyl groups is 3. The lowest BCUT2D eigenvalue weighted by molar-refractivity contribution is -0.387. The van der Waals surface area contributed by atoms with Gasteiger partial charge in [0.1, 0.15) is 12.2 Å². The van der Waals surface area contributed by atoms with Gasteiger partial charge in [-0.1, -0.05) is 35.9 Å². The first kappa shape index (κ1) is 36.7. The van der Waals surface area contributed by atoms with Crippen molar-refractivity contribution in [3.63, 3.8) is 0 Å². The van der Waals surface area contributed by atoms with Crippen molar-refractivity contribution in [3.8, 4) is 0 Å². The van der Waals surface area contributed by atoms with Crippen LogP contribution >= 0.6 is 11.6 Å². The van der Waals surface area contributed by atoms with Gasteiger partial charge in [0.2, 0.25) is 10.0 Å². The van der Waals surface area contributed by atoms with Crippen molar-refractivity contribution in [3.05, 3.63) is 105 Å². The van der Waals surface area contributed by atoms with Crippen molar-refractivity contribution in [1.29, 1.82) is 0 Å². The molecule has 48 heavy (non-hydrogen) atoms. The van der Waals surface area contributed by atoms with Crippen LogP contribution in [-0.2, 0) is 30.9 Å². The van der Waals surface area contributed by atoms with Gasteiger partial charge < -0.3 is 35.2 Å². The maximum atomic E-state index is 14.3. The summed E-state index contributed by atoms with van der Waals surface area (Å²) >= 11 is 5.81. The second-order valence-corrected chi connectivity index (χ2v) is 12.7. The summed E-state index contributed by atoms with van der Waals surface area (Å²) in [6, 6.07) is 10.6. The average molecular weight is 716 g/mol. The van der Waals surface area contributed by atoms with E-state index in [2.05, 4.69) is 5.32 Å². The zero-order valence-electron chi connectivity index (χ0n) is 24.4. The number of aliphatic carboxylic acids is 1. The van der Waals surface area contributed by atoms with Gasteiger partial charge in [0, 0.05) is 35.2 Å². The van der Waals surface area contributed by atoms with E-state index in [1.807, 2.05) is 4.72 Å². The van der Waals surface area contributed by atoms with E-state index in [-0.39, 0.29) is 5.56 Å². The molecular weight excluding hydrogens is 688 g/mol. The van der Waals surface area contributed by atoms with Crippen molar-refractivity contribution >= 4 is 39.2 Å². The van der Waals surface area contributed by atoms with E-state index in [1.165, 1.54) is 36.4 Å². The maximum Gasteiger partial charge on any atom is 0.364 e. The number of para-hydroxylation sites is 1. The summed E-state index contributed by atoms with van der Waals surface area (Å²) in [4.78, 5) is 34.7. The number of nitro benzene ring substituents is 1. The number of carbonyl (C=O) groups is 2. The number of amides is 1. The van der Waals surface area contributed by atoms with Gasteiger partial charge in [-0.05, 0) is 36.4 Å². The number of benzene rings is 3. The number of nitrogens with zero attached hydrogens (tertiary/aromatic N) is 1. The molecule has 1 amide bonds. The Labute approximate surface area is 275 Å². The van der Waals surface area contributed by atoms with E-state index in [0.29, 0.717) is 5.02 Å². The molecule has 4 rings (SSSR count). The van der Waals surface area contributed by atoms with Crippen molar-refractivity contribution in [1.82, 2.24) is 10.0 Å². The molecule has 3 aromatic carbocycles. The van der Waals surface area contributed by atoms with Crippen LogP contribution in [0.5, 0.6) is 0 Å². The van der Waals surface area contributed by atoms with E-state index in [0.717, 1.165) is 30.3 Å². The number of halogens is 3. The number of sulfonamides is 1. The zero-order chi connectivity index (χ0) is 35.4. The number of rotatable bonds is 13. The van der Waals surface area contributed by atoms with Crippen molar-refractivity contribution in [2.75, 3.05) is 6.54 Å². The number of hydrogen-bond donors (Lipinski definition) is 6. The molecule has 258 valence electrons. The molecular formula is C29H28ClF2N3O12S. The fourth-order valence-corrected chi connectivity index (χ4v) is 6.43. The molecule has 1 aliphatic rings. The predicted molar refractivity (Wildman–Crippen MR) is 160 cm³/mol. The standard InChI is InChI=1S/C29H28ClF2N3O12S/c30-17-10-8-15(9-11-17)27(39)33-13-21(37)25(38)26-24(34-48(44,45)22-7-2-1-6-19(22)35(42)43)20(36)12-29(47-26,28(40)41)46-14-16-4-3-5-18(31)23(16)32/h1-11,20-21,24-26,34,36-38H,12-14H2,(H,33,39)(H,40,41)/t20-,21+,24+,25+,26+,29+/m0/s1. The van der Waals surface area contributed by atoms with Crippen LogP contribution in [0.25, 0.3) is 0 Å². The third kappa shape index (κ3) is 8.10. The first-order chi connectivity index (χ1) is 22.6. The summed E-state index contributed by atoms with van der Waals surface area (Å²) in [6.45, 7) is -1.67. The molecule has 0 saturated carbocycles. The molecule has 19 heteroatoms. The lowest BCUT2D eigenvalue weighted by atomic mass is 9.89. The third-order valence-corrected chi connectivity index (χ3v) is 9.10. The van der Waals surface area contributed by atoms with Crippen LogP contribution in [0, 0.1) is 21.7 Å². The highest BCUT2D eigenvalue weighted by atomic mass is 35.5. The number of carboxylic acids is 1. The first-order valence-corrected chi connectivity index (χ1v) is 15.7. The second kappa shape index (κ2) is 15.0. The number of hydrogen-bond acceptors (Lipinski definition) is 11. The minimum Gasteiger partial charge on any atom is -0.477 e. The predicted octanol–water partition coefficient (Wildman–Crippen LogP) is 1.47. The molecule has 1 fully saturated rings. The average Bonchev–Trinajstić information content (AvgIpc) is 3.05. The van der Waals surface area contributed by atoms with E-state index < -0.39 is 110 Å². The fourth-order valence-electron chi connectivity index (χ4n) is 4.86. The topological polar surface area (TPSA) is 235 Å². The van der Waals surface area contributed by atoms with E-state index >= 15 is 0 Å². The van der Waals surface area contributed by atoms with Gasteiger partial charge in [-0.2, -0.15) is 0 Å². The number of ether oxygens (including phenoxy) is 2. The Kier molecular flexibility index (Phi) is 11.4. The molecule has 1 aliphatic heterocycles. The molecule has 6 atom stereocenters. The number of carboxylic acid groups (broad SMARTS) is 1. The SMILES string of the molecule is O=C(NC[C@@H](O)[C@@H](O)[C@@H]1O[C@@](OCc2cccc(F)c2F)(C(=O)O)C[C@H](O)[C@H]1NS(=O)(=O)c1ccccc1[N+](=O)[O-])c1ccc(Cl)cc1. The van der Waals surface area contributed by atoms with Crippen molar-refractivity contribution in [2.45, 2.75) is 54.2 Å². The summed E-state index contributed by atoms with van der Waals surface area (Å²) in [7, 11) is -4.93. The van der Waals surface area contributed by atoms with Crippen molar-refractivity contribution < 1.29 is 61.6 Å². The highest BCUT2D eigenvalue weighted by molar-refractivity contribution is 7.89. The number of aliphatic hydroxyl groups excluding tert-OH is 3. The molecule has 1 saturated heterocycles. The summed E-state index contributed by atoms with van der Waals surface area (Å²) in [6.07, 6.45) is -9.71. The van der Waals surface area contributed by atoms with E-state index in [9.17, 15) is 57.3 Å². The van der Waals surface area contributed by atoms with Crippen LogP contribution in [0.3, 0.4) is 0 Å². The lowest BCUT2D eigenvalue weighted by Gasteiger charge is -2.46. The Morgan fingerprint density at radius 1 is 1.10 bits per heavy atom. The summed E-state index contributed by atoms with van der Waals surface area (Å²) in [5.41, 5.74) is -1.23. The van der Waals surface area contributed by atoms with Gasteiger partial charge in [-0.15, -0.1) is 0 Å². The van der Waals surface area contributed by atoms with Crippen LogP contribution in [0.1, 0.15) is 22.3 Å². The van der Waals surface area contributed by atoms with Crippen LogP contribution in [0.4, 0.5) is 14.5 Å². The van der Waals surface area contributed by atoms with Gasteiger partial charge >= 0.3 is 5.97 Å². The number of carbonyl (C=O) groups excluding carboxylic acids is 1. The van der Waals surface area contributed by atoms with Crippen LogP contribution in [0.15, 0.2) is 71.6 Å². The first-order valence-electron chi connectivity index (χ1n) is 13.9. The fraction of sp³-hybridized carbons (Fsp3) is 0.310. The molecule has 0 spiro atoms. The Bertz CT molecular complexity index is 1790. The Hall–Kier alpha value is -4.14. The molecule has 0 aromatic heterocycles. The minimum atomic E-state index is -4.93. The Balaban J connectivity index is 1.66. The highest BCUT2D eigenvalue weighted by Gasteiger charge is 2.56. The van der Waals surface area contributed by atoms with Gasteiger partial charge in [0.05, 0.1) is 29.8 Å². The van der Waals surface area contributed by atoms with E-state index in [1.54, 1.807) is 0 Å². The smallest absolute Gasteiger partial charge is 0.364 e. The van der Waals surface area contributed by atoms with Crippen LogP contribution < -0.4 is 10.0 Å². The monoisotopic (exact) mass is 715 g/mol. The number of nitrogens with one attached hydrogen (secondary N) is 2. The summed E-state index contributed by atoms with van der Waals surface area (Å²) in [5.74, 6) is -8.30. The summed E-state index contributed by atoms with van der Waals surface area (Å²) < 4.78 is 67.7.